The second-order valence-electron chi connectivity index (χ2n) is 9.35. The molecule has 0 unspecified atom stereocenters. The maximum absolute atomic E-state index is 13.4. The number of aromatic nitrogens is 1. The van der Waals surface area contributed by atoms with Gasteiger partial charge >= 0.3 is 0 Å². The van der Waals surface area contributed by atoms with Gasteiger partial charge in [0.2, 0.25) is 5.91 Å². The SMILES string of the molecule is C/C=C(/C)CC(=O)Nc1ccc2c(c1)cc(C(=O)NCc1ccccc1)n2Cc1cc(C)ccc1C. The van der Waals surface area contributed by atoms with Crippen LogP contribution in [0.25, 0.3) is 10.9 Å². The van der Waals surface area contributed by atoms with Gasteiger partial charge in [-0.3, -0.25) is 9.59 Å². The molecule has 3 aromatic carbocycles. The normalized spacial score (nSPS) is 11.5. The van der Waals surface area contributed by atoms with E-state index in [4.69, 9.17) is 0 Å². The Morgan fingerprint density at radius 2 is 1.72 bits per heavy atom. The van der Waals surface area contributed by atoms with Crippen molar-refractivity contribution in [3.63, 3.8) is 0 Å². The highest BCUT2D eigenvalue weighted by molar-refractivity contribution is 6.01. The van der Waals surface area contributed by atoms with E-state index in [1.807, 2.05) is 74.5 Å². The highest BCUT2D eigenvalue weighted by atomic mass is 16.2. The van der Waals surface area contributed by atoms with Crippen molar-refractivity contribution in [3.8, 4) is 0 Å². The van der Waals surface area contributed by atoms with Crippen molar-refractivity contribution >= 4 is 28.4 Å². The standard InChI is InChI=1S/C31H33N3O2/c1-5-21(2)16-30(35)33-27-13-14-28-25(17-27)18-29(31(36)32-19-24-9-7-6-8-10-24)34(28)20-26-15-22(3)11-12-23(26)4/h5-15,17-18H,16,19-20H2,1-4H3,(H,32,36)(H,33,35)/b21-5-. The Bertz CT molecular complexity index is 1430. The zero-order valence-electron chi connectivity index (χ0n) is 21.4. The van der Waals surface area contributed by atoms with Gasteiger partial charge in [0.1, 0.15) is 5.69 Å². The van der Waals surface area contributed by atoms with Crippen molar-refractivity contribution in [3.05, 3.63) is 112 Å². The van der Waals surface area contributed by atoms with E-state index in [1.54, 1.807) is 0 Å². The van der Waals surface area contributed by atoms with Gasteiger partial charge in [0.15, 0.2) is 0 Å². The predicted octanol–water partition coefficient (Wildman–Crippen LogP) is 6.53. The molecule has 0 aliphatic rings. The highest BCUT2D eigenvalue weighted by Crippen LogP contribution is 2.26. The molecule has 0 bridgehead atoms. The van der Waals surface area contributed by atoms with Crippen LogP contribution in [0.15, 0.2) is 84.4 Å². The van der Waals surface area contributed by atoms with Gasteiger partial charge in [0, 0.05) is 36.1 Å². The molecule has 0 aliphatic carbocycles. The van der Waals surface area contributed by atoms with Gasteiger partial charge in [0.05, 0.1) is 0 Å². The summed E-state index contributed by atoms with van der Waals surface area (Å²) in [5.74, 6) is -0.185. The number of nitrogens with one attached hydrogen (secondary N) is 2. The van der Waals surface area contributed by atoms with Crippen LogP contribution < -0.4 is 10.6 Å². The Hall–Kier alpha value is -4.12. The van der Waals surface area contributed by atoms with Crippen LogP contribution in [0.2, 0.25) is 0 Å². The van der Waals surface area contributed by atoms with Gasteiger partial charge in [-0.2, -0.15) is 0 Å². The zero-order valence-corrected chi connectivity index (χ0v) is 21.4. The summed E-state index contributed by atoms with van der Waals surface area (Å²) in [5.41, 5.74) is 7.86. The molecule has 4 aromatic rings. The first kappa shape index (κ1) is 25.0. The molecule has 2 amide bonds. The first-order valence-corrected chi connectivity index (χ1v) is 12.3. The molecule has 0 spiro atoms. The zero-order chi connectivity index (χ0) is 25.7. The van der Waals surface area contributed by atoms with Crippen LogP contribution in [0.4, 0.5) is 5.69 Å². The summed E-state index contributed by atoms with van der Waals surface area (Å²) in [4.78, 5) is 25.8. The maximum Gasteiger partial charge on any atom is 0.268 e. The number of carbonyl (C=O) groups excluding carboxylic acids is 2. The molecule has 4 rings (SSSR count). The number of anilines is 1. The lowest BCUT2D eigenvalue weighted by atomic mass is 10.1. The molecule has 36 heavy (non-hydrogen) atoms. The third-order valence-electron chi connectivity index (χ3n) is 6.48. The lowest BCUT2D eigenvalue weighted by Gasteiger charge is -2.14. The van der Waals surface area contributed by atoms with Crippen molar-refractivity contribution in [2.24, 2.45) is 0 Å². The van der Waals surface area contributed by atoms with Gasteiger partial charge in [-0.25, -0.2) is 0 Å². The number of aryl methyl sites for hydroxylation is 2. The fraction of sp³-hybridized carbons (Fsp3) is 0.226. The summed E-state index contributed by atoms with van der Waals surface area (Å²) in [6.07, 6.45) is 2.30. The van der Waals surface area contributed by atoms with Crippen molar-refractivity contribution in [1.29, 1.82) is 0 Å². The molecule has 184 valence electrons. The largest absolute Gasteiger partial charge is 0.347 e. The quantitative estimate of drug-likeness (QED) is 0.282. The van der Waals surface area contributed by atoms with E-state index in [2.05, 4.69) is 47.2 Å². The Balaban J connectivity index is 1.68. The van der Waals surface area contributed by atoms with E-state index in [0.29, 0.717) is 25.2 Å². The van der Waals surface area contributed by atoms with Gasteiger partial charge in [-0.1, -0.05) is 65.7 Å². The van der Waals surface area contributed by atoms with Crippen LogP contribution in [0, 0.1) is 13.8 Å². The van der Waals surface area contributed by atoms with Crippen LogP contribution in [0.1, 0.15) is 53.0 Å². The average Bonchev–Trinajstić information content (AvgIpc) is 3.22. The molecule has 0 radical (unpaired) electrons. The number of carbonyl (C=O) groups is 2. The van der Waals surface area contributed by atoms with Crippen molar-refractivity contribution in [1.82, 2.24) is 9.88 Å². The third kappa shape index (κ3) is 5.92. The molecular formula is C31H33N3O2. The van der Waals surface area contributed by atoms with Crippen molar-refractivity contribution in [2.45, 2.75) is 47.2 Å². The van der Waals surface area contributed by atoms with E-state index in [0.717, 1.165) is 27.7 Å². The number of rotatable bonds is 8. The Labute approximate surface area is 212 Å². The summed E-state index contributed by atoms with van der Waals surface area (Å²) >= 11 is 0. The second kappa shape index (κ2) is 11.1. The number of nitrogens with zero attached hydrogens (tertiary/aromatic N) is 1. The first-order chi connectivity index (χ1) is 17.3. The van der Waals surface area contributed by atoms with E-state index < -0.39 is 0 Å². The molecule has 0 saturated carbocycles. The summed E-state index contributed by atoms with van der Waals surface area (Å²) in [5, 5.41) is 6.96. The fourth-order valence-electron chi connectivity index (χ4n) is 4.28. The fourth-order valence-corrected chi connectivity index (χ4v) is 4.28. The topological polar surface area (TPSA) is 63.1 Å². The van der Waals surface area contributed by atoms with Crippen LogP contribution in [0.3, 0.4) is 0 Å². The molecule has 5 heteroatoms. The predicted molar refractivity (Wildman–Crippen MR) is 147 cm³/mol. The minimum absolute atomic E-state index is 0.0550. The number of hydrogen-bond donors (Lipinski definition) is 2. The monoisotopic (exact) mass is 479 g/mol. The van der Waals surface area contributed by atoms with Gasteiger partial charge in [-0.05, 0) is 68.7 Å². The molecule has 0 atom stereocenters. The number of allylic oxidation sites excluding steroid dienone is 1. The maximum atomic E-state index is 13.4. The van der Waals surface area contributed by atoms with Crippen LogP contribution >= 0.6 is 0 Å². The van der Waals surface area contributed by atoms with Crippen LogP contribution in [0.5, 0.6) is 0 Å². The van der Waals surface area contributed by atoms with Gasteiger partial charge < -0.3 is 15.2 Å². The number of hydrogen-bond acceptors (Lipinski definition) is 2. The minimum Gasteiger partial charge on any atom is -0.347 e. The van der Waals surface area contributed by atoms with Crippen LogP contribution in [-0.4, -0.2) is 16.4 Å². The molecule has 2 N–H and O–H groups in total. The first-order valence-electron chi connectivity index (χ1n) is 12.3. The Morgan fingerprint density at radius 3 is 2.47 bits per heavy atom. The van der Waals surface area contributed by atoms with Crippen molar-refractivity contribution < 1.29 is 9.59 Å². The molecule has 0 aliphatic heterocycles. The summed E-state index contributed by atoms with van der Waals surface area (Å²) in [6, 6.07) is 24.0. The molecule has 0 saturated heterocycles. The number of amides is 2. The van der Waals surface area contributed by atoms with E-state index >= 15 is 0 Å². The molecule has 0 fully saturated rings. The summed E-state index contributed by atoms with van der Waals surface area (Å²) in [6.45, 7) is 9.08. The van der Waals surface area contributed by atoms with Gasteiger partial charge in [0.25, 0.3) is 5.91 Å². The average molecular weight is 480 g/mol. The molecular weight excluding hydrogens is 446 g/mol. The van der Waals surface area contributed by atoms with Gasteiger partial charge in [-0.15, -0.1) is 0 Å². The molecule has 1 heterocycles. The highest BCUT2D eigenvalue weighted by Gasteiger charge is 2.17. The van der Waals surface area contributed by atoms with E-state index in [9.17, 15) is 9.59 Å². The molecule has 5 nitrogen and oxygen atoms in total. The minimum atomic E-state index is -0.130. The third-order valence-corrected chi connectivity index (χ3v) is 6.48. The van der Waals surface area contributed by atoms with E-state index in [-0.39, 0.29) is 11.8 Å². The molecule has 1 aromatic heterocycles. The lowest BCUT2D eigenvalue weighted by Crippen LogP contribution is -2.25. The Kier molecular flexibility index (Phi) is 7.69. The summed E-state index contributed by atoms with van der Waals surface area (Å²) in [7, 11) is 0. The van der Waals surface area contributed by atoms with E-state index in [1.165, 1.54) is 16.7 Å². The summed E-state index contributed by atoms with van der Waals surface area (Å²) < 4.78 is 2.06. The lowest BCUT2D eigenvalue weighted by molar-refractivity contribution is -0.115. The van der Waals surface area contributed by atoms with Crippen LogP contribution in [-0.2, 0) is 17.9 Å². The Morgan fingerprint density at radius 1 is 0.944 bits per heavy atom. The van der Waals surface area contributed by atoms with Crippen molar-refractivity contribution in [2.75, 3.05) is 5.32 Å². The second-order valence-corrected chi connectivity index (χ2v) is 9.35. The number of benzene rings is 3. The number of fused-ring (bicyclic) bond motifs is 1. The smallest absolute Gasteiger partial charge is 0.268 e.